The molecule has 0 radical (unpaired) electrons. The molecule has 2 aliphatic rings. The van der Waals surface area contributed by atoms with E-state index in [9.17, 15) is 9.59 Å². The number of aryl methyl sites for hydroxylation is 1. The van der Waals surface area contributed by atoms with Crippen molar-refractivity contribution in [3.8, 4) is 0 Å². The van der Waals surface area contributed by atoms with E-state index in [-0.39, 0.29) is 0 Å². The van der Waals surface area contributed by atoms with Gasteiger partial charge in [-0.1, -0.05) is 18.2 Å². The molecule has 1 unspecified atom stereocenters. The Balaban J connectivity index is 0.000000350. The molecule has 2 aliphatic heterocycles. The number of aromatic nitrogens is 2. The molecule has 0 spiro atoms. The molecule has 0 saturated carbocycles. The first-order valence-electron chi connectivity index (χ1n) is 11.2. The molecule has 3 heterocycles. The normalized spacial score (nSPS) is 16.7. The second-order valence-electron chi connectivity index (χ2n) is 8.01. The summed E-state index contributed by atoms with van der Waals surface area (Å²) >= 11 is 0. The summed E-state index contributed by atoms with van der Waals surface area (Å²) in [5, 5.41) is 15.6. The maximum atomic E-state index is 9.55. The number of para-hydroxylation sites is 1. The highest BCUT2D eigenvalue weighted by molar-refractivity contribution is 5.91. The molecule has 1 fully saturated rings. The van der Waals surface area contributed by atoms with Crippen molar-refractivity contribution in [2.45, 2.75) is 12.8 Å². The highest BCUT2D eigenvalue weighted by atomic mass is 16.4. The molecule has 10 nitrogen and oxygen atoms in total. The smallest absolute Gasteiger partial charge is 0.328 e. The van der Waals surface area contributed by atoms with Crippen molar-refractivity contribution in [3.05, 3.63) is 60.4 Å². The number of piperazine rings is 1. The van der Waals surface area contributed by atoms with Crippen LogP contribution in [0.2, 0.25) is 0 Å². The molecule has 10 heteroatoms. The van der Waals surface area contributed by atoms with Crippen LogP contribution < -0.4 is 10.6 Å². The molecule has 1 aromatic heterocycles. The van der Waals surface area contributed by atoms with Gasteiger partial charge in [0.15, 0.2) is 0 Å². The van der Waals surface area contributed by atoms with E-state index in [1.807, 2.05) is 6.07 Å². The number of carboxylic acids is 2. The average Bonchev–Trinajstić information content (AvgIpc) is 2.87. The topological polar surface area (TPSA) is 145 Å². The van der Waals surface area contributed by atoms with Crippen LogP contribution >= 0.6 is 0 Å². The summed E-state index contributed by atoms with van der Waals surface area (Å²) in [7, 11) is 0. The molecular formula is C24H30N6O4. The maximum Gasteiger partial charge on any atom is 0.328 e. The van der Waals surface area contributed by atoms with E-state index in [0.29, 0.717) is 24.6 Å². The summed E-state index contributed by atoms with van der Waals surface area (Å²) in [6, 6.07) is 10.3. The number of aliphatic imine (C=N–C) groups is 1. The van der Waals surface area contributed by atoms with Gasteiger partial charge in [0.25, 0.3) is 0 Å². The third-order valence-electron chi connectivity index (χ3n) is 5.72. The Bertz CT molecular complexity index is 1000. The summed E-state index contributed by atoms with van der Waals surface area (Å²) < 4.78 is 0. The van der Waals surface area contributed by atoms with Gasteiger partial charge < -0.3 is 20.8 Å². The summed E-state index contributed by atoms with van der Waals surface area (Å²) in [5.41, 5.74) is 9.86. The van der Waals surface area contributed by atoms with E-state index in [1.54, 1.807) is 12.4 Å². The van der Waals surface area contributed by atoms with Gasteiger partial charge in [-0.3, -0.25) is 9.89 Å². The number of fused-ring (bicyclic) bond motifs is 1. The quantitative estimate of drug-likeness (QED) is 0.518. The zero-order chi connectivity index (χ0) is 24.3. The highest BCUT2D eigenvalue weighted by Gasteiger charge is 2.25. The lowest BCUT2D eigenvalue weighted by molar-refractivity contribution is -0.134. The lowest BCUT2D eigenvalue weighted by atomic mass is 9.93. The van der Waals surface area contributed by atoms with E-state index in [1.165, 1.54) is 11.3 Å². The van der Waals surface area contributed by atoms with Crippen molar-refractivity contribution in [1.29, 1.82) is 0 Å². The van der Waals surface area contributed by atoms with Crippen molar-refractivity contribution in [3.63, 3.8) is 0 Å². The van der Waals surface area contributed by atoms with Gasteiger partial charge in [-0.05, 0) is 30.5 Å². The van der Waals surface area contributed by atoms with Crippen molar-refractivity contribution >= 4 is 29.3 Å². The summed E-state index contributed by atoms with van der Waals surface area (Å²) in [6.45, 7) is 5.58. The Morgan fingerprint density at radius 3 is 2.24 bits per heavy atom. The van der Waals surface area contributed by atoms with Crippen LogP contribution in [0, 0.1) is 5.92 Å². The zero-order valence-electron chi connectivity index (χ0n) is 19.0. The third-order valence-corrected chi connectivity index (χ3v) is 5.72. The van der Waals surface area contributed by atoms with Crippen LogP contribution in [-0.4, -0.2) is 82.0 Å². The number of carbonyl (C=O) groups is 2. The van der Waals surface area contributed by atoms with Gasteiger partial charge in [0, 0.05) is 75.4 Å². The summed E-state index contributed by atoms with van der Waals surface area (Å²) in [4.78, 5) is 37.5. The largest absolute Gasteiger partial charge is 0.478 e. The first-order valence-corrected chi connectivity index (χ1v) is 11.2. The lowest BCUT2D eigenvalue weighted by Gasteiger charge is -2.36. The van der Waals surface area contributed by atoms with Gasteiger partial charge in [-0.25, -0.2) is 19.6 Å². The first kappa shape index (κ1) is 25.0. The number of aliphatic carboxylic acids is 2. The lowest BCUT2D eigenvalue weighted by Crippen LogP contribution is -2.49. The van der Waals surface area contributed by atoms with Crippen LogP contribution in [0.15, 0.2) is 59.9 Å². The van der Waals surface area contributed by atoms with Crippen molar-refractivity contribution < 1.29 is 19.8 Å². The van der Waals surface area contributed by atoms with Gasteiger partial charge in [-0.2, -0.15) is 0 Å². The minimum Gasteiger partial charge on any atom is -0.478 e. The number of rotatable bonds is 7. The number of nitrogens with two attached hydrogens (primary N) is 1. The number of hydrogen-bond acceptors (Lipinski definition) is 8. The minimum atomic E-state index is -1.26. The first-order chi connectivity index (χ1) is 16.5. The molecule has 0 aliphatic carbocycles. The monoisotopic (exact) mass is 466 g/mol. The molecule has 0 bridgehead atoms. The molecule has 4 rings (SSSR count). The average molecular weight is 467 g/mol. The molecule has 2 aromatic rings. The van der Waals surface area contributed by atoms with Gasteiger partial charge in [0.2, 0.25) is 5.95 Å². The Kier molecular flexibility index (Phi) is 9.24. The number of hydrogen-bond donors (Lipinski definition) is 3. The number of anilines is 1. The standard InChI is InChI=1S/C20H26N6.C4H4O4/c21-14-17(19-7-6-16-4-1-2-5-18(16)24-19)15-25-10-12-26(13-11-25)20-22-8-3-9-23-20;5-3(6)1-2-4(7)8/h1-5,8-9,17H,6-7,10-15,21H2;1-2H,(H,5,6)(H,7,8)/b;2-1+. The predicted molar refractivity (Wildman–Crippen MR) is 129 cm³/mol. The third kappa shape index (κ3) is 7.46. The molecule has 1 atom stereocenters. The Morgan fingerprint density at radius 2 is 1.62 bits per heavy atom. The van der Waals surface area contributed by atoms with Crippen LogP contribution in [0.25, 0.3) is 0 Å². The molecule has 180 valence electrons. The Morgan fingerprint density at radius 1 is 0.971 bits per heavy atom. The minimum absolute atomic E-state index is 0.336. The van der Waals surface area contributed by atoms with E-state index in [4.69, 9.17) is 20.9 Å². The van der Waals surface area contributed by atoms with Crippen LogP contribution in [0.1, 0.15) is 12.0 Å². The number of nitrogens with zero attached hydrogens (tertiary/aromatic N) is 5. The second kappa shape index (κ2) is 12.6. The van der Waals surface area contributed by atoms with Crippen molar-refractivity contribution in [2.24, 2.45) is 16.6 Å². The van der Waals surface area contributed by atoms with Gasteiger partial charge in [-0.15, -0.1) is 0 Å². The predicted octanol–water partition coefficient (Wildman–Crippen LogP) is 1.60. The van der Waals surface area contributed by atoms with E-state index in [2.05, 4.69) is 44.0 Å². The number of carboxylic acid groups (broad SMARTS) is 2. The second-order valence-corrected chi connectivity index (χ2v) is 8.01. The van der Waals surface area contributed by atoms with Gasteiger partial charge >= 0.3 is 11.9 Å². The SMILES string of the molecule is NCC(CN1CCN(c2ncccn2)CC1)C1=Nc2ccccc2CC1.O=C(O)/C=C/C(=O)O. The van der Waals surface area contributed by atoms with Crippen LogP contribution in [0.5, 0.6) is 0 Å². The fraction of sp³-hybridized carbons (Fsp3) is 0.375. The van der Waals surface area contributed by atoms with Crippen LogP contribution in [0.4, 0.5) is 11.6 Å². The van der Waals surface area contributed by atoms with Crippen LogP contribution in [-0.2, 0) is 16.0 Å². The van der Waals surface area contributed by atoms with Crippen molar-refractivity contribution in [1.82, 2.24) is 14.9 Å². The molecule has 4 N–H and O–H groups in total. The van der Waals surface area contributed by atoms with E-state index in [0.717, 1.165) is 57.2 Å². The maximum absolute atomic E-state index is 9.55. The van der Waals surface area contributed by atoms with Gasteiger partial charge in [0.05, 0.1) is 5.69 Å². The Hall–Kier alpha value is -3.63. The highest BCUT2D eigenvalue weighted by Crippen LogP contribution is 2.27. The fourth-order valence-electron chi connectivity index (χ4n) is 3.96. The molecule has 0 amide bonds. The summed E-state index contributed by atoms with van der Waals surface area (Å²) in [6.07, 6.45) is 6.82. The zero-order valence-corrected chi connectivity index (χ0v) is 19.0. The van der Waals surface area contributed by atoms with Crippen molar-refractivity contribution in [2.75, 3.05) is 44.2 Å². The van der Waals surface area contributed by atoms with Gasteiger partial charge in [0.1, 0.15) is 0 Å². The molecular weight excluding hydrogens is 436 g/mol. The Labute approximate surface area is 198 Å². The molecule has 34 heavy (non-hydrogen) atoms. The van der Waals surface area contributed by atoms with E-state index >= 15 is 0 Å². The van der Waals surface area contributed by atoms with Crippen LogP contribution in [0.3, 0.4) is 0 Å². The fourth-order valence-corrected chi connectivity index (χ4v) is 3.96. The molecule has 1 aromatic carbocycles. The summed E-state index contributed by atoms with van der Waals surface area (Å²) in [5.74, 6) is -1.35. The molecule has 1 saturated heterocycles. The van der Waals surface area contributed by atoms with E-state index < -0.39 is 11.9 Å². The number of benzene rings is 1.